The van der Waals surface area contributed by atoms with Crippen molar-refractivity contribution >= 4 is 22.9 Å². The maximum atomic E-state index is 5.63. The average molecular weight is 205 g/mol. The Balaban J connectivity index is 2.00. The molecule has 4 heteroatoms. The minimum Gasteiger partial charge on any atom is -0.345 e. The zero-order chi connectivity index (χ0) is 8.39. The summed E-state index contributed by atoms with van der Waals surface area (Å²) in [6.07, 6.45) is -0.132. The molecule has 0 spiro atoms. The Hall–Kier alpha value is -0.0900. The van der Waals surface area contributed by atoms with Crippen LogP contribution in [0, 0.1) is 0 Å². The fourth-order valence-electron chi connectivity index (χ4n) is 1.10. The standard InChI is InChI=1S/C8H9ClO2S/c9-4-6-5-10-8(11-6)7-2-1-3-12-7/h1-3,6,8H,4-5H2/t6-,8-/m0/s1. The molecule has 2 rings (SSSR count). The summed E-state index contributed by atoms with van der Waals surface area (Å²) in [5.74, 6) is 0.502. The van der Waals surface area contributed by atoms with Crippen LogP contribution in [0.1, 0.15) is 11.2 Å². The molecule has 1 aliphatic heterocycles. The van der Waals surface area contributed by atoms with Crippen LogP contribution in [0.25, 0.3) is 0 Å². The van der Waals surface area contributed by atoms with E-state index in [-0.39, 0.29) is 12.4 Å². The molecular formula is C8H9ClO2S. The van der Waals surface area contributed by atoms with E-state index in [0.29, 0.717) is 12.5 Å². The first-order chi connectivity index (χ1) is 5.90. The minimum absolute atomic E-state index is 0.0544. The van der Waals surface area contributed by atoms with Crippen LogP contribution in [-0.2, 0) is 9.47 Å². The van der Waals surface area contributed by atoms with E-state index in [1.54, 1.807) is 11.3 Å². The monoisotopic (exact) mass is 204 g/mol. The van der Waals surface area contributed by atoms with E-state index in [9.17, 15) is 0 Å². The van der Waals surface area contributed by atoms with E-state index >= 15 is 0 Å². The van der Waals surface area contributed by atoms with Crippen LogP contribution in [0.3, 0.4) is 0 Å². The number of hydrogen-bond acceptors (Lipinski definition) is 3. The van der Waals surface area contributed by atoms with E-state index in [4.69, 9.17) is 21.1 Å². The van der Waals surface area contributed by atoms with Crippen molar-refractivity contribution in [1.29, 1.82) is 0 Å². The molecule has 0 aliphatic carbocycles. The fraction of sp³-hybridized carbons (Fsp3) is 0.500. The Morgan fingerprint density at radius 3 is 3.17 bits per heavy atom. The van der Waals surface area contributed by atoms with Crippen molar-refractivity contribution in [2.75, 3.05) is 12.5 Å². The van der Waals surface area contributed by atoms with Gasteiger partial charge in [-0.25, -0.2) is 0 Å². The van der Waals surface area contributed by atoms with E-state index in [0.717, 1.165) is 4.88 Å². The molecule has 0 N–H and O–H groups in total. The van der Waals surface area contributed by atoms with Crippen molar-refractivity contribution in [3.8, 4) is 0 Å². The molecule has 1 aliphatic rings. The third-order valence-electron chi connectivity index (χ3n) is 1.70. The Morgan fingerprint density at radius 2 is 2.58 bits per heavy atom. The number of ether oxygens (including phenoxy) is 2. The van der Waals surface area contributed by atoms with E-state index in [1.165, 1.54) is 0 Å². The van der Waals surface area contributed by atoms with Gasteiger partial charge in [0.1, 0.15) is 0 Å². The van der Waals surface area contributed by atoms with Gasteiger partial charge in [-0.3, -0.25) is 0 Å². The predicted molar refractivity (Wildman–Crippen MR) is 48.6 cm³/mol. The molecule has 1 aromatic heterocycles. The van der Waals surface area contributed by atoms with Crippen LogP contribution in [0.15, 0.2) is 17.5 Å². The first kappa shape index (κ1) is 8.51. The van der Waals surface area contributed by atoms with Crippen LogP contribution in [0.2, 0.25) is 0 Å². The second kappa shape index (κ2) is 3.75. The van der Waals surface area contributed by atoms with Crippen LogP contribution in [0.4, 0.5) is 0 Å². The van der Waals surface area contributed by atoms with Crippen LogP contribution < -0.4 is 0 Å². The Bertz CT molecular complexity index is 237. The highest BCUT2D eigenvalue weighted by Gasteiger charge is 2.26. The molecule has 2 nitrogen and oxygen atoms in total. The third kappa shape index (κ3) is 1.64. The van der Waals surface area contributed by atoms with Crippen LogP contribution in [-0.4, -0.2) is 18.6 Å². The van der Waals surface area contributed by atoms with Gasteiger partial charge in [-0.05, 0) is 11.4 Å². The molecule has 1 fully saturated rings. The molecule has 1 aromatic rings. The number of alkyl halides is 1. The molecule has 0 bridgehead atoms. The lowest BCUT2D eigenvalue weighted by molar-refractivity contribution is -0.0540. The highest BCUT2D eigenvalue weighted by Crippen LogP contribution is 2.29. The van der Waals surface area contributed by atoms with Gasteiger partial charge in [-0.1, -0.05) is 6.07 Å². The highest BCUT2D eigenvalue weighted by molar-refractivity contribution is 7.10. The maximum absolute atomic E-state index is 5.63. The second-order valence-corrected chi connectivity index (χ2v) is 3.88. The van der Waals surface area contributed by atoms with Gasteiger partial charge in [-0.15, -0.1) is 22.9 Å². The molecule has 66 valence electrons. The van der Waals surface area contributed by atoms with Crippen molar-refractivity contribution < 1.29 is 9.47 Å². The summed E-state index contributed by atoms with van der Waals surface area (Å²) >= 11 is 7.27. The zero-order valence-corrected chi connectivity index (χ0v) is 7.98. The van der Waals surface area contributed by atoms with Gasteiger partial charge in [-0.2, -0.15) is 0 Å². The van der Waals surface area contributed by atoms with Gasteiger partial charge in [0.25, 0.3) is 0 Å². The largest absolute Gasteiger partial charge is 0.345 e. The van der Waals surface area contributed by atoms with Crippen molar-refractivity contribution in [2.45, 2.75) is 12.4 Å². The van der Waals surface area contributed by atoms with Gasteiger partial charge in [0.2, 0.25) is 0 Å². The first-order valence-corrected chi connectivity index (χ1v) is 5.18. The minimum atomic E-state index is -0.186. The maximum Gasteiger partial charge on any atom is 0.193 e. The molecule has 0 amide bonds. The molecule has 0 radical (unpaired) electrons. The topological polar surface area (TPSA) is 18.5 Å². The summed E-state index contributed by atoms with van der Waals surface area (Å²) < 4.78 is 10.9. The smallest absolute Gasteiger partial charge is 0.193 e. The normalized spacial score (nSPS) is 29.4. The summed E-state index contributed by atoms with van der Waals surface area (Å²) in [5, 5.41) is 2.01. The summed E-state index contributed by atoms with van der Waals surface area (Å²) in [7, 11) is 0. The number of hydrogen-bond donors (Lipinski definition) is 0. The Kier molecular flexibility index (Phi) is 2.66. The van der Waals surface area contributed by atoms with Crippen molar-refractivity contribution in [3.05, 3.63) is 22.4 Å². The quantitative estimate of drug-likeness (QED) is 0.689. The molecule has 12 heavy (non-hydrogen) atoms. The Labute approximate surface area is 80.1 Å². The van der Waals surface area contributed by atoms with Crippen LogP contribution in [0.5, 0.6) is 0 Å². The molecule has 0 unspecified atom stereocenters. The summed E-state index contributed by atoms with van der Waals surface area (Å²) in [4.78, 5) is 1.11. The van der Waals surface area contributed by atoms with E-state index in [2.05, 4.69) is 0 Å². The molecular weight excluding hydrogens is 196 g/mol. The third-order valence-corrected chi connectivity index (χ3v) is 2.94. The molecule has 2 atom stereocenters. The van der Waals surface area contributed by atoms with Crippen molar-refractivity contribution in [2.24, 2.45) is 0 Å². The van der Waals surface area contributed by atoms with Gasteiger partial charge >= 0.3 is 0 Å². The van der Waals surface area contributed by atoms with Crippen molar-refractivity contribution in [3.63, 3.8) is 0 Å². The van der Waals surface area contributed by atoms with Gasteiger partial charge in [0.05, 0.1) is 23.5 Å². The van der Waals surface area contributed by atoms with Gasteiger partial charge < -0.3 is 9.47 Å². The lowest BCUT2D eigenvalue weighted by Crippen LogP contribution is -2.10. The lowest BCUT2D eigenvalue weighted by Gasteiger charge is -2.06. The molecule has 0 aromatic carbocycles. The molecule has 1 saturated heterocycles. The predicted octanol–water partition coefficient (Wildman–Crippen LogP) is 2.40. The summed E-state index contributed by atoms with van der Waals surface area (Å²) in [5.41, 5.74) is 0. The van der Waals surface area contributed by atoms with Gasteiger partial charge in [0.15, 0.2) is 6.29 Å². The van der Waals surface area contributed by atoms with Gasteiger partial charge in [0, 0.05) is 0 Å². The summed E-state index contributed by atoms with van der Waals surface area (Å²) in [6, 6.07) is 3.99. The Morgan fingerprint density at radius 1 is 1.67 bits per heavy atom. The number of halogens is 1. The highest BCUT2D eigenvalue weighted by atomic mass is 35.5. The van der Waals surface area contributed by atoms with Crippen LogP contribution >= 0.6 is 22.9 Å². The average Bonchev–Trinajstić information content (AvgIpc) is 2.75. The second-order valence-electron chi connectivity index (χ2n) is 2.59. The van der Waals surface area contributed by atoms with Crippen molar-refractivity contribution in [1.82, 2.24) is 0 Å². The first-order valence-electron chi connectivity index (χ1n) is 3.76. The SMILES string of the molecule is ClC[C@H]1CO[C@H](c2cccs2)O1. The summed E-state index contributed by atoms with van der Waals surface area (Å²) in [6.45, 7) is 0.603. The van der Waals surface area contributed by atoms with E-state index in [1.807, 2.05) is 17.5 Å². The fourth-order valence-corrected chi connectivity index (χ4v) is 1.97. The number of rotatable bonds is 2. The molecule has 0 saturated carbocycles. The molecule has 2 heterocycles. The van der Waals surface area contributed by atoms with E-state index < -0.39 is 0 Å². The zero-order valence-electron chi connectivity index (χ0n) is 6.40. The number of thiophene rings is 1. The lowest BCUT2D eigenvalue weighted by atomic mass is 10.4.